The zero-order chi connectivity index (χ0) is 15.8. The van der Waals surface area contributed by atoms with E-state index in [1.165, 1.54) is 5.56 Å². The van der Waals surface area contributed by atoms with Gasteiger partial charge in [0.25, 0.3) is 0 Å². The number of rotatable bonds is 2. The van der Waals surface area contributed by atoms with Crippen molar-refractivity contribution in [2.75, 3.05) is 0 Å². The predicted molar refractivity (Wildman–Crippen MR) is 89.9 cm³/mol. The van der Waals surface area contributed by atoms with Crippen molar-refractivity contribution in [1.29, 1.82) is 5.26 Å². The molecule has 0 aliphatic rings. The summed E-state index contributed by atoms with van der Waals surface area (Å²) < 4.78 is 1.82. The van der Waals surface area contributed by atoms with Gasteiger partial charge in [-0.3, -0.25) is 5.10 Å². The van der Waals surface area contributed by atoms with Gasteiger partial charge in [-0.25, -0.2) is 9.50 Å². The maximum atomic E-state index is 9.56. The lowest BCUT2D eigenvalue weighted by Crippen LogP contribution is -1.84. The second-order valence-corrected chi connectivity index (χ2v) is 5.53. The van der Waals surface area contributed by atoms with Crippen molar-refractivity contribution in [2.24, 2.45) is 0 Å². The fourth-order valence-corrected chi connectivity index (χ4v) is 2.71. The number of aromatic amines is 1. The number of aromatic nitrogens is 3. The predicted octanol–water partition coefficient (Wildman–Crippen LogP) is 4.18. The van der Waals surface area contributed by atoms with E-state index in [1.807, 2.05) is 53.2 Å². The highest BCUT2D eigenvalue weighted by Crippen LogP contribution is 2.27. The van der Waals surface area contributed by atoms with Crippen LogP contribution in [0.3, 0.4) is 0 Å². The van der Waals surface area contributed by atoms with Gasteiger partial charge in [-0.2, -0.15) is 5.26 Å². The topological polar surface area (TPSA) is 56.9 Å². The van der Waals surface area contributed by atoms with E-state index < -0.39 is 0 Å². The Morgan fingerprint density at radius 1 is 1.00 bits per heavy atom. The Kier molecular flexibility index (Phi) is 2.99. The van der Waals surface area contributed by atoms with E-state index in [4.69, 9.17) is 0 Å². The van der Waals surface area contributed by atoms with Crippen LogP contribution < -0.4 is 0 Å². The second kappa shape index (κ2) is 5.15. The number of benzene rings is 2. The van der Waals surface area contributed by atoms with E-state index >= 15 is 0 Å². The van der Waals surface area contributed by atoms with Crippen molar-refractivity contribution in [3.8, 4) is 28.6 Å². The lowest BCUT2D eigenvalue weighted by molar-refractivity contribution is 0.978. The maximum absolute atomic E-state index is 9.56. The van der Waals surface area contributed by atoms with E-state index in [2.05, 4.69) is 35.2 Å². The minimum absolute atomic E-state index is 0.564. The molecule has 4 rings (SSSR count). The third-order valence-electron chi connectivity index (χ3n) is 3.93. The van der Waals surface area contributed by atoms with Crippen LogP contribution in [0.4, 0.5) is 0 Å². The monoisotopic (exact) mass is 298 g/mol. The minimum Gasteiger partial charge on any atom is -0.291 e. The third kappa shape index (κ3) is 2.19. The summed E-state index contributed by atoms with van der Waals surface area (Å²) >= 11 is 0. The van der Waals surface area contributed by atoms with E-state index in [9.17, 15) is 5.26 Å². The average molecular weight is 298 g/mol. The molecule has 110 valence electrons. The fraction of sp³-hybridized carbons (Fsp3) is 0.0526. The van der Waals surface area contributed by atoms with E-state index in [1.54, 1.807) is 0 Å². The molecule has 4 heteroatoms. The normalized spacial score (nSPS) is 10.8. The molecule has 0 atom stereocenters. The summed E-state index contributed by atoms with van der Waals surface area (Å²) in [5, 5.41) is 12.8. The largest absolute Gasteiger partial charge is 0.291 e. The Labute approximate surface area is 133 Å². The molecule has 1 N–H and O–H groups in total. The number of aryl methyl sites for hydroxylation is 1. The molecule has 0 spiro atoms. The molecule has 0 saturated heterocycles. The van der Waals surface area contributed by atoms with Crippen molar-refractivity contribution >= 4 is 5.65 Å². The minimum atomic E-state index is 0.564. The lowest BCUT2D eigenvalue weighted by Gasteiger charge is -1.99. The molecule has 0 radical (unpaired) electrons. The number of nitriles is 1. The standard InChI is InChI=1S/C19H14N4/c1-13-7-9-14(10-8-13)17-12-23-19(21-17)16(11-20)18(22-23)15-5-3-2-4-6-15/h2-10,12,22H,1H3. The number of nitrogens with zero attached hydrogens (tertiary/aromatic N) is 3. The molecule has 0 unspecified atom stereocenters. The number of nitrogens with one attached hydrogen (secondary N) is 1. The SMILES string of the molecule is Cc1ccc(-c2cn3[nH]c(-c4ccccc4)c(C#N)c3n2)cc1. The van der Waals surface area contributed by atoms with Crippen LogP contribution in [0.15, 0.2) is 60.8 Å². The first-order chi connectivity index (χ1) is 11.3. The Balaban J connectivity index is 1.87. The van der Waals surface area contributed by atoms with Crippen LogP contribution >= 0.6 is 0 Å². The van der Waals surface area contributed by atoms with Crippen molar-refractivity contribution in [3.63, 3.8) is 0 Å². The highest BCUT2D eigenvalue weighted by Gasteiger charge is 2.16. The molecular formula is C19H14N4. The molecule has 2 aromatic carbocycles. The summed E-state index contributed by atoms with van der Waals surface area (Å²) in [4.78, 5) is 4.64. The van der Waals surface area contributed by atoms with Gasteiger partial charge in [0.05, 0.1) is 17.6 Å². The number of H-pyrrole nitrogens is 1. The Morgan fingerprint density at radius 2 is 1.74 bits per heavy atom. The molecule has 0 fully saturated rings. The second-order valence-electron chi connectivity index (χ2n) is 5.53. The summed E-state index contributed by atoms with van der Waals surface area (Å²) in [5.41, 5.74) is 6.10. The van der Waals surface area contributed by atoms with Crippen LogP contribution in [0.25, 0.3) is 28.2 Å². The maximum Gasteiger partial charge on any atom is 0.172 e. The Hall–Kier alpha value is -3.32. The average Bonchev–Trinajstić information content (AvgIpc) is 3.13. The van der Waals surface area contributed by atoms with E-state index in [0.717, 1.165) is 22.5 Å². The quantitative estimate of drug-likeness (QED) is 0.603. The van der Waals surface area contributed by atoms with Crippen molar-refractivity contribution < 1.29 is 0 Å². The number of fused-ring (bicyclic) bond motifs is 1. The Bertz CT molecular complexity index is 1020. The summed E-state index contributed by atoms with van der Waals surface area (Å²) in [6.45, 7) is 2.06. The molecule has 4 aromatic rings. The van der Waals surface area contributed by atoms with Crippen LogP contribution in [0.1, 0.15) is 11.1 Å². The van der Waals surface area contributed by atoms with Gasteiger partial charge in [0.15, 0.2) is 5.65 Å². The van der Waals surface area contributed by atoms with Gasteiger partial charge in [-0.15, -0.1) is 0 Å². The first kappa shape index (κ1) is 13.4. The van der Waals surface area contributed by atoms with Crippen LogP contribution in [-0.4, -0.2) is 14.6 Å². The number of imidazole rings is 1. The fourth-order valence-electron chi connectivity index (χ4n) is 2.71. The van der Waals surface area contributed by atoms with Crippen LogP contribution in [0.2, 0.25) is 0 Å². The molecule has 0 amide bonds. The zero-order valence-electron chi connectivity index (χ0n) is 12.6. The Morgan fingerprint density at radius 3 is 2.43 bits per heavy atom. The van der Waals surface area contributed by atoms with E-state index in [0.29, 0.717) is 11.2 Å². The molecular weight excluding hydrogens is 284 g/mol. The summed E-state index contributed by atoms with van der Waals surface area (Å²) in [5.74, 6) is 0. The van der Waals surface area contributed by atoms with Gasteiger partial charge in [0, 0.05) is 11.1 Å². The molecule has 0 aliphatic heterocycles. The lowest BCUT2D eigenvalue weighted by atomic mass is 10.1. The van der Waals surface area contributed by atoms with Gasteiger partial charge in [0.1, 0.15) is 11.6 Å². The van der Waals surface area contributed by atoms with Gasteiger partial charge >= 0.3 is 0 Å². The van der Waals surface area contributed by atoms with Gasteiger partial charge in [-0.05, 0) is 6.92 Å². The van der Waals surface area contributed by atoms with Gasteiger partial charge < -0.3 is 0 Å². The first-order valence-electron chi connectivity index (χ1n) is 7.40. The summed E-state index contributed by atoms with van der Waals surface area (Å²) in [6, 6.07) is 20.3. The van der Waals surface area contributed by atoms with Crippen molar-refractivity contribution in [1.82, 2.24) is 14.6 Å². The first-order valence-corrected chi connectivity index (χ1v) is 7.40. The van der Waals surface area contributed by atoms with Crippen molar-refractivity contribution in [2.45, 2.75) is 6.92 Å². The molecule has 0 saturated carbocycles. The van der Waals surface area contributed by atoms with Gasteiger partial charge in [0.2, 0.25) is 0 Å². The highest BCUT2D eigenvalue weighted by atomic mass is 15.3. The smallest absolute Gasteiger partial charge is 0.172 e. The summed E-state index contributed by atoms with van der Waals surface area (Å²) in [6.07, 6.45) is 1.92. The highest BCUT2D eigenvalue weighted by molar-refractivity contribution is 5.77. The molecule has 2 aromatic heterocycles. The molecule has 23 heavy (non-hydrogen) atoms. The van der Waals surface area contributed by atoms with Crippen LogP contribution in [0, 0.1) is 18.3 Å². The van der Waals surface area contributed by atoms with Crippen LogP contribution in [0.5, 0.6) is 0 Å². The van der Waals surface area contributed by atoms with E-state index in [-0.39, 0.29) is 0 Å². The summed E-state index contributed by atoms with van der Waals surface area (Å²) in [7, 11) is 0. The third-order valence-corrected chi connectivity index (χ3v) is 3.93. The molecule has 2 heterocycles. The zero-order valence-corrected chi connectivity index (χ0v) is 12.6. The number of hydrogen-bond donors (Lipinski definition) is 1. The molecule has 4 nitrogen and oxygen atoms in total. The van der Waals surface area contributed by atoms with Gasteiger partial charge in [-0.1, -0.05) is 60.2 Å². The number of hydrogen-bond acceptors (Lipinski definition) is 2. The molecule has 0 aliphatic carbocycles. The van der Waals surface area contributed by atoms with Crippen molar-refractivity contribution in [3.05, 3.63) is 71.9 Å². The molecule has 0 bridgehead atoms. The van der Waals surface area contributed by atoms with Crippen LogP contribution in [-0.2, 0) is 0 Å².